The Hall–Kier alpha value is -1.53. The van der Waals surface area contributed by atoms with E-state index in [1.165, 1.54) is 0 Å². The van der Waals surface area contributed by atoms with Gasteiger partial charge in [0.1, 0.15) is 19.2 Å². The molecule has 2 rings (SSSR count). The van der Waals surface area contributed by atoms with Crippen LogP contribution in [-0.2, 0) is 4.57 Å². The van der Waals surface area contributed by atoms with Gasteiger partial charge in [0.25, 0.3) is 0 Å². The summed E-state index contributed by atoms with van der Waals surface area (Å²) in [6, 6.07) is 17.1. The van der Waals surface area contributed by atoms with Crippen molar-refractivity contribution in [1.29, 1.82) is 0 Å². The smallest absolute Gasteiger partial charge is 0.135 e. The molecule has 0 fully saturated rings. The van der Waals surface area contributed by atoms with E-state index in [-0.39, 0.29) is 5.60 Å². The van der Waals surface area contributed by atoms with Crippen molar-refractivity contribution >= 4 is 18.4 Å². The van der Waals surface area contributed by atoms with Gasteiger partial charge in [-0.3, -0.25) is 0 Å². The van der Waals surface area contributed by atoms with Crippen LogP contribution in [0.25, 0.3) is 0 Å². The van der Waals surface area contributed by atoms with Crippen LogP contribution in [0.1, 0.15) is 20.8 Å². The molecule has 2 aromatic rings. The number of benzene rings is 2. The lowest BCUT2D eigenvalue weighted by molar-refractivity contribution is 0.132. The molecule has 0 heterocycles. The summed E-state index contributed by atoms with van der Waals surface area (Å²) in [5.74, 6) is 0.711. The second kappa shape index (κ2) is 5.63. The Labute approximate surface area is 115 Å². The van der Waals surface area contributed by atoms with Crippen LogP contribution < -0.4 is 15.3 Å². The highest BCUT2D eigenvalue weighted by molar-refractivity contribution is 7.61. The molecule has 0 aliphatic heterocycles. The SMILES string of the molecule is CC(C)(C)Oc1ccccc1[PH](=O)c1ccccc1. The zero-order valence-corrected chi connectivity index (χ0v) is 12.5. The molecule has 1 unspecified atom stereocenters. The van der Waals surface area contributed by atoms with Gasteiger partial charge in [-0.15, -0.1) is 0 Å². The van der Waals surface area contributed by atoms with Crippen molar-refractivity contribution in [3.05, 3.63) is 54.6 Å². The first-order valence-electron chi connectivity index (χ1n) is 6.35. The predicted octanol–water partition coefficient (Wildman–Crippen LogP) is 3.37. The van der Waals surface area contributed by atoms with Crippen molar-refractivity contribution in [2.24, 2.45) is 0 Å². The van der Waals surface area contributed by atoms with Gasteiger partial charge in [0.2, 0.25) is 0 Å². The number of ether oxygens (including phenoxy) is 1. The van der Waals surface area contributed by atoms with Crippen LogP contribution in [0, 0.1) is 0 Å². The van der Waals surface area contributed by atoms with Gasteiger partial charge in [-0.2, -0.15) is 0 Å². The summed E-state index contributed by atoms with van der Waals surface area (Å²) >= 11 is 0. The van der Waals surface area contributed by atoms with Gasteiger partial charge in [-0.25, -0.2) is 0 Å². The standard InChI is InChI=1S/C16H19O2P/c1-16(2,3)18-14-11-7-8-12-15(14)19(17)13-9-5-4-6-10-13/h4-12,19H,1-3H3. The van der Waals surface area contributed by atoms with Crippen molar-refractivity contribution in [3.8, 4) is 5.75 Å². The molecular weight excluding hydrogens is 255 g/mol. The molecule has 0 bridgehead atoms. The Balaban J connectivity index is 2.38. The first-order chi connectivity index (χ1) is 8.97. The van der Waals surface area contributed by atoms with Crippen LogP contribution in [0.4, 0.5) is 0 Å². The molecule has 100 valence electrons. The van der Waals surface area contributed by atoms with Gasteiger partial charge in [0.15, 0.2) is 0 Å². The number of hydrogen-bond acceptors (Lipinski definition) is 2. The fourth-order valence-corrected chi connectivity index (χ4v) is 3.23. The van der Waals surface area contributed by atoms with E-state index in [4.69, 9.17) is 4.74 Å². The fourth-order valence-electron chi connectivity index (χ4n) is 1.82. The average molecular weight is 274 g/mol. The minimum absolute atomic E-state index is 0.297. The lowest BCUT2D eigenvalue weighted by atomic mass is 10.2. The van der Waals surface area contributed by atoms with Gasteiger partial charge in [-0.05, 0) is 32.9 Å². The monoisotopic (exact) mass is 274 g/mol. The van der Waals surface area contributed by atoms with E-state index >= 15 is 0 Å². The van der Waals surface area contributed by atoms with Gasteiger partial charge < -0.3 is 9.30 Å². The van der Waals surface area contributed by atoms with Crippen LogP contribution in [0.5, 0.6) is 5.75 Å². The summed E-state index contributed by atoms with van der Waals surface area (Å²) < 4.78 is 18.6. The molecule has 1 atom stereocenters. The zero-order chi connectivity index (χ0) is 13.9. The molecule has 2 aromatic carbocycles. The van der Waals surface area contributed by atoms with Crippen molar-refractivity contribution in [2.45, 2.75) is 26.4 Å². The van der Waals surface area contributed by atoms with E-state index in [1.807, 2.05) is 75.4 Å². The van der Waals surface area contributed by atoms with E-state index in [9.17, 15) is 4.57 Å². The van der Waals surface area contributed by atoms with Crippen molar-refractivity contribution in [1.82, 2.24) is 0 Å². The molecule has 2 nitrogen and oxygen atoms in total. The van der Waals surface area contributed by atoms with E-state index in [1.54, 1.807) is 0 Å². The topological polar surface area (TPSA) is 26.3 Å². The number of para-hydroxylation sites is 1. The highest BCUT2D eigenvalue weighted by atomic mass is 31.1. The van der Waals surface area contributed by atoms with E-state index in [0.717, 1.165) is 10.6 Å². The number of rotatable bonds is 3. The molecule has 19 heavy (non-hydrogen) atoms. The highest BCUT2D eigenvalue weighted by Crippen LogP contribution is 2.27. The molecule has 0 saturated heterocycles. The first-order valence-corrected chi connectivity index (χ1v) is 7.76. The van der Waals surface area contributed by atoms with Crippen molar-refractivity contribution in [2.75, 3.05) is 0 Å². The maximum atomic E-state index is 12.7. The predicted molar refractivity (Wildman–Crippen MR) is 81.5 cm³/mol. The van der Waals surface area contributed by atoms with Crippen molar-refractivity contribution in [3.63, 3.8) is 0 Å². The van der Waals surface area contributed by atoms with Crippen LogP contribution >= 0.6 is 7.80 Å². The summed E-state index contributed by atoms with van der Waals surface area (Å²) in [4.78, 5) is 0. The largest absolute Gasteiger partial charge is 0.487 e. The second-order valence-electron chi connectivity index (χ2n) is 5.41. The summed E-state index contributed by atoms with van der Waals surface area (Å²) in [5, 5.41) is 1.64. The Morgan fingerprint density at radius 2 is 1.47 bits per heavy atom. The van der Waals surface area contributed by atoms with Crippen LogP contribution in [0.15, 0.2) is 54.6 Å². The second-order valence-corrected chi connectivity index (χ2v) is 7.18. The zero-order valence-electron chi connectivity index (χ0n) is 11.5. The van der Waals surface area contributed by atoms with Gasteiger partial charge in [-0.1, -0.05) is 42.5 Å². The van der Waals surface area contributed by atoms with Crippen LogP contribution in [0.2, 0.25) is 0 Å². The lowest BCUT2D eigenvalue weighted by Crippen LogP contribution is -2.26. The summed E-state index contributed by atoms with van der Waals surface area (Å²) in [6.07, 6.45) is 0. The summed E-state index contributed by atoms with van der Waals surface area (Å²) in [7, 11) is -2.02. The quantitative estimate of drug-likeness (QED) is 0.802. The van der Waals surface area contributed by atoms with Crippen molar-refractivity contribution < 1.29 is 9.30 Å². The van der Waals surface area contributed by atoms with Gasteiger partial charge in [0.05, 0.1) is 5.30 Å². The van der Waals surface area contributed by atoms with Gasteiger partial charge in [0, 0.05) is 5.30 Å². The van der Waals surface area contributed by atoms with E-state index < -0.39 is 7.80 Å². The Morgan fingerprint density at radius 1 is 0.895 bits per heavy atom. The van der Waals surface area contributed by atoms with E-state index in [0.29, 0.717) is 5.75 Å². The molecule has 0 amide bonds. The minimum Gasteiger partial charge on any atom is -0.487 e. The third kappa shape index (κ3) is 3.71. The maximum absolute atomic E-state index is 12.7. The van der Waals surface area contributed by atoms with Crippen LogP contribution in [-0.4, -0.2) is 5.60 Å². The lowest BCUT2D eigenvalue weighted by Gasteiger charge is -2.23. The molecule has 3 heteroatoms. The molecule has 0 spiro atoms. The normalized spacial score (nSPS) is 13.0. The molecule has 0 N–H and O–H groups in total. The third-order valence-electron chi connectivity index (χ3n) is 2.58. The summed E-state index contributed by atoms with van der Waals surface area (Å²) in [6.45, 7) is 5.97. The Bertz CT molecular complexity index is 571. The third-order valence-corrected chi connectivity index (χ3v) is 4.34. The number of hydrogen-bond donors (Lipinski definition) is 0. The van der Waals surface area contributed by atoms with Gasteiger partial charge >= 0.3 is 0 Å². The molecule has 0 aliphatic carbocycles. The molecule has 0 saturated carbocycles. The summed E-state index contributed by atoms with van der Waals surface area (Å²) in [5.41, 5.74) is -0.297. The molecule has 0 aromatic heterocycles. The average Bonchev–Trinajstić information content (AvgIpc) is 2.38. The Kier molecular flexibility index (Phi) is 4.11. The molecule has 0 aliphatic rings. The van der Waals surface area contributed by atoms with Crippen LogP contribution in [0.3, 0.4) is 0 Å². The maximum Gasteiger partial charge on any atom is 0.135 e. The van der Waals surface area contributed by atoms with E-state index in [2.05, 4.69) is 0 Å². The Morgan fingerprint density at radius 3 is 2.11 bits per heavy atom. The highest BCUT2D eigenvalue weighted by Gasteiger charge is 2.17. The molecule has 0 radical (unpaired) electrons. The fraction of sp³-hybridized carbons (Fsp3) is 0.250. The first kappa shape index (κ1) is 13.9. The minimum atomic E-state index is -2.02. The molecular formula is C16H19O2P.